The molecule has 2 N–H and O–H groups in total. The Hall–Kier alpha value is -4.54. The van der Waals surface area contributed by atoms with E-state index in [9.17, 15) is 4.79 Å². The Balaban J connectivity index is 1.19. The number of carbonyl (C=O) groups excluding carboxylic acids is 1. The highest BCUT2D eigenvalue weighted by atomic mass is 16.6. The molecule has 1 spiro atoms. The maximum atomic E-state index is 11.7. The van der Waals surface area contributed by atoms with Crippen molar-refractivity contribution >= 4 is 28.9 Å². The van der Waals surface area contributed by atoms with Crippen molar-refractivity contribution < 1.29 is 19.0 Å². The van der Waals surface area contributed by atoms with Gasteiger partial charge in [-0.05, 0) is 43.9 Å². The van der Waals surface area contributed by atoms with Gasteiger partial charge < -0.3 is 34.1 Å². The minimum atomic E-state index is -0.494. The van der Waals surface area contributed by atoms with E-state index in [0.29, 0.717) is 37.0 Å². The van der Waals surface area contributed by atoms with Crippen molar-refractivity contribution in [2.45, 2.75) is 31.3 Å². The molecule has 6 heterocycles. The first-order valence-corrected chi connectivity index (χ1v) is 13.2. The van der Waals surface area contributed by atoms with Gasteiger partial charge in [0.2, 0.25) is 5.88 Å². The maximum absolute atomic E-state index is 11.7. The van der Waals surface area contributed by atoms with E-state index in [-0.39, 0.29) is 6.09 Å². The maximum Gasteiger partial charge on any atom is 0.407 e. The normalized spacial score (nSPS) is 20.3. The number of methoxy groups -OCH3 is 1. The molecule has 0 bridgehead atoms. The van der Waals surface area contributed by atoms with Crippen LogP contribution in [-0.2, 0) is 11.2 Å². The highest BCUT2D eigenvalue weighted by molar-refractivity contribution is 5.76. The van der Waals surface area contributed by atoms with Gasteiger partial charge in [-0.25, -0.2) is 19.7 Å². The molecule has 0 unspecified atom stereocenters. The molecule has 11 heteroatoms. The summed E-state index contributed by atoms with van der Waals surface area (Å²) < 4.78 is 19.1. The van der Waals surface area contributed by atoms with E-state index in [2.05, 4.69) is 31.6 Å². The number of nitrogens with one attached hydrogen (secondary N) is 2. The van der Waals surface area contributed by atoms with E-state index >= 15 is 0 Å². The number of piperidine rings is 1. The number of fused-ring (bicyclic) bond motifs is 2. The number of benzene rings is 1. The Morgan fingerprint density at radius 2 is 2.15 bits per heavy atom. The molecular weight excluding hydrogens is 498 g/mol. The van der Waals surface area contributed by atoms with E-state index in [1.807, 2.05) is 35.0 Å². The van der Waals surface area contributed by atoms with Gasteiger partial charge in [-0.15, -0.1) is 0 Å². The number of carbonyl (C=O) groups is 1. The molecule has 0 radical (unpaired) electrons. The monoisotopic (exact) mass is 527 g/mol. The van der Waals surface area contributed by atoms with Crippen LogP contribution in [0.1, 0.15) is 24.8 Å². The molecule has 2 saturated heterocycles. The lowest BCUT2D eigenvalue weighted by Crippen LogP contribution is -2.50. The fourth-order valence-electron chi connectivity index (χ4n) is 5.72. The van der Waals surface area contributed by atoms with Crippen molar-refractivity contribution in [2.24, 2.45) is 0 Å². The fourth-order valence-corrected chi connectivity index (χ4v) is 5.72. The number of anilines is 3. The van der Waals surface area contributed by atoms with Crippen LogP contribution in [0.3, 0.4) is 0 Å². The number of hydrogen-bond donors (Lipinski definition) is 2. The second kappa shape index (κ2) is 9.33. The fraction of sp³-hybridized carbons (Fsp3) is 0.357. The zero-order valence-corrected chi connectivity index (χ0v) is 21.6. The molecule has 1 amide bonds. The Morgan fingerprint density at radius 3 is 3.03 bits per heavy atom. The molecule has 0 aliphatic carbocycles. The van der Waals surface area contributed by atoms with Crippen molar-refractivity contribution in [3.05, 3.63) is 54.6 Å². The van der Waals surface area contributed by atoms with Crippen LogP contribution < -0.4 is 25.0 Å². The predicted molar refractivity (Wildman–Crippen MR) is 145 cm³/mol. The number of alkyl carbamates (subject to hydrolysis) is 1. The van der Waals surface area contributed by atoms with Crippen molar-refractivity contribution in [3.8, 4) is 22.9 Å². The van der Waals surface area contributed by atoms with E-state index in [4.69, 9.17) is 19.2 Å². The summed E-state index contributed by atoms with van der Waals surface area (Å²) in [7, 11) is 1.66. The molecule has 1 atom stereocenters. The van der Waals surface area contributed by atoms with Crippen LogP contribution in [-0.4, -0.2) is 64.4 Å². The number of ether oxygens (including phenoxy) is 3. The highest BCUT2D eigenvalue weighted by Gasteiger charge is 2.44. The lowest BCUT2D eigenvalue weighted by molar-refractivity contribution is 0.0446. The molecule has 3 aliphatic heterocycles. The van der Waals surface area contributed by atoms with Crippen molar-refractivity contribution in [1.82, 2.24) is 24.7 Å². The van der Waals surface area contributed by atoms with E-state index in [0.717, 1.165) is 66.2 Å². The molecule has 7 rings (SSSR count). The van der Waals surface area contributed by atoms with Gasteiger partial charge in [0.25, 0.3) is 0 Å². The average Bonchev–Trinajstić information content (AvgIpc) is 3.59. The number of nitrogens with zero attached hydrogens (tertiary/aromatic N) is 5. The summed E-state index contributed by atoms with van der Waals surface area (Å²) in [5.74, 6) is 2.06. The third-order valence-corrected chi connectivity index (χ3v) is 7.61. The SMILES string of the molecule is COc1cc(Nc2nc(-c3cnc4c(c3)CCCO4)cn3ccnc23)ccc1N1CCC[C@]2(CNC(=O)O2)C1. The average molecular weight is 528 g/mol. The quantitative estimate of drug-likeness (QED) is 0.398. The van der Waals surface area contributed by atoms with Gasteiger partial charge in [-0.3, -0.25) is 0 Å². The Morgan fingerprint density at radius 1 is 1.21 bits per heavy atom. The van der Waals surface area contributed by atoms with Gasteiger partial charge in [0, 0.05) is 54.2 Å². The van der Waals surface area contributed by atoms with Crippen LogP contribution in [0.4, 0.5) is 22.0 Å². The van der Waals surface area contributed by atoms with Gasteiger partial charge in [0.1, 0.15) is 11.4 Å². The first-order valence-electron chi connectivity index (χ1n) is 13.2. The topological polar surface area (TPSA) is 115 Å². The van der Waals surface area contributed by atoms with Gasteiger partial charge in [0.05, 0.1) is 38.2 Å². The molecule has 11 nitrogen and oxygen atoms in total. The molecule has 200 valence electrons. The van der Waals surface area contributed by atoms with Crippen LogP contribution in [0.5, 0.6) is 11.6 Å². The smallest absolute Gasteiger partial charge is 0.407 e. The molecule has 3 aromatic heterocycles. The van der Waals surface area contributed by atoms with Gasteiger partial charge in [-0.2, -0.15) is 0 Å². The van der Waals surface area contributed by atoms with E-state index in [1.54, 1.807) is 19.5 Å². The zero-order chi connectivity index (χ0) is 26.4. The standard InChI is InChI=1S/C28H29N7O4/c1-37-23-13-20(5-6-22(23)35-9-3-7-28(17-35)16-31-27(36)39-28)32-24-25-29-8-10-34(25)15-21(33-24)19-12-18-4-2-11-38-26(18)30-14-19/h5-6,8,10,12-15H,2-4,7,9,11,16-17H2,1H3,(H,31,36)(H,32,33)/t28-/m0/s1. The Labute approximate surface area is 225 Å². The summed E-state index contributed by atoms with van der Waals surface area (Å²) in [5, 5.41) is 6.25. The Kier molecular flexibility index (Phi) is 5.64. The van der Waals surface area contributed by atoms with Crippen LogP contribution in [0.25, 0.3) is 16.9 Å². The zero-order valence-electron chi connectivity index (χ0n) is 21.6. The first-order chi connectivity index (χ1) is 19.1. The molecular formula is C28H29N7O4. The number of amides is 1. The lowest BCUT2D eigenvalue weighted by atomic mass is 9.92. The third kappa shape index (κ3) is 4.33. The van der Waals surface area contributed by atoms with Crippen molar-refractivity contribution in [3.63, 3.8) is 0 Å². The summed E-state index contributed by atoms with van der Waals surface area (Å²) in [4.78, 5) is 27.9. The summed E-state index contributed by atoms with van der Waals surface area (Å²) >= 11 is 0. The summed E-state index contributed by atoms with van der Waals surface area (Å²) in [6.45, 7) is 2.71. The van der Waals surface area contributed by atoms with Gasteiger partial charge in [0.15, 0.2) is 11.5 Å². The van der Waals surface area contributed by atoms with Crippen LogP contribution in [0.15, 0.2) is 49.1 Å². The first kappa shape index (κ1) is 23.6. The van der Waals surface area contributed by atoms with Crippen molar-refractivity contribution in [2.75, 3.05) is 43.6 Å². The molecule has 39 heavy (non-hydrogen) atoms. The number of pyridine rings is 1. The Bertz CT molecular complexity index is 1570. The molecule has 2 fully saturated rings. The summed E-state index contributed by atoms with van der Waals surface area (Å²) in [5.41, 5.74) is 4.81. The minimum absolute atomic E-state index is 0.345. The van der Waals surface area contributed by atoms with Crippen LogP contribution >= 0.6 is 0 Å². The van der Waals surface area contributed by atoms with E-state index in [1.165, 1.54) is 0 Å². The summed E-state index contributed by atoms with van der Waals surface area (Å²) in [6.07, 6.45) is 10.8. The molecule has 1 aromatic carbocycles. The largest absolute Gasteiger partial charge is 0.495 e. The number of rotatable bonds is 5. The molecule has 3 aliphatic rings. The lowest BCUT2D eigenvalue weighted by Gasteiger charge is -2.39. The van der Waals surface area contributed by atoms with Crippen LogP contribution in [0, 0.1) is 0 Å². The van der Waals surface area contributed by atoms with Crippen LogP contribution in [0.2, 0.25) is 0 Å². The number of aromatic nitrogens is 4. The van der Waals surface area contributed by atoms with Gasteiger partial charge in [-0.1, -0.05) is 0 Å². The second-order valence-electron chi connectivity index (χ2n) is 10.2. The number of imidazole rings is 1. The molecule has 0 saturated carbocycles. The predicted octanol–water partition coefficient (Wildman–Crippen LogP) is 3.95. The van der Waals surface area contributed by atoms with Crippen molar-refractivity contribution in [1.29, 1.82) is 0 Å². The third-order valence-electron chi connectivity index (χ3n) is 7.61. The highest BCUT2D eigenvalue weighted by Crippen LogP contribution is 2.38. The second-order valence-corrected chi connectivity index (χ2v) is 10.2. The van der Waals surface area contributed by atoms with Gasteiger partial charge >= 0.3 is 6.09 Å². The minimum Gasteiger partial charge on any atom is -0.495 e. The number of aryl methyl sites for hydroxylation is 1. The summed E-state index contributed by atoms with van der Waals surface area (Å²) in [6, 6.07) is 8.10. The number of hydrogen-bond acceptors (Lipinski definition) is 9. The van der Waals surface area contributed by atoms with E-state index < -0.39 is 5.60 Å². The molecule has 4 aromatic rings.